The molecule has 11 heteroatoms. The molecule has 0 fully saturated rings. The Balaban J connectivity index is 1.46. The van der Waals surface area contributed by atoms with E-state index in [4.69, 9.17) is 21.1 Å². The number of halogens is 4. The monoisotopic (exact) mass is 516 g/mol. The molecule has 2 aliphatic heterocycles. The standard InChI is InChI=1S/C25H20ClF3N4O3/c26-16-5-2-13(3-6-16)15-10-17-21(18(34)11-15)22(33-24(30-17)31-23(32-33)25(27,28)29)14-4-7-19-20(12-14)36-9-1-8-35-19/h2-7,12,15,22H,1,8-11H2,(H,30,31,32). The van der Waals surface area contributed by atoms with Crippen LogP contribution in [0, 0.1) is 0 Å². The van der Waals surface area contributed by atoms with Crippen molar-refractivity contribution in [1.29, 1.82) is 0 Å². The van der Waals surface area contributed by atoms with Crippen molar-refractivity contribution in [1.82, 2.24) is 14.8 Å². The summed E-state index contributed by atoms with van der Waals surface area (Å²) in [6, 6.07) is 11.5. The Morgan fingerprint density at radius 3 is 2.47 bits per heavy atom. The van der Waals surface area contributed by atoms with Gasteiger partial charge >= 0.3 is 6.18 Å². The molecule has 3 aliphatic rings. The van der Waals surface area contributed by atoms with E-state index in [9.17, 15) is 18.0 Å². The molecule has 0 bridgehead atoms. The number of carbonyl (C=O) groups excluding carboxylic acids is 1. The molecule has 0 saturated heterocycles. The van der Waals surface area contributed by atoms with Gasteiger partial charge in [-0.15, -0.1) is 5.10 Å². The van der Waals surface area contributed by atoms with E-state index in [-0.39, 0.29) is 24.1 Å². The van der Waals surface area contributed by atoms with Crippen LogP contribution in [0.3, 0.4) is 0 Å². The average Bonchev–Trinajstić information content (AvgIpc) is 3.14. The zero-order chi connectivity index (χ0) is 25.0. The maximum absolute atomic E-state index is 13.6. The molecule has 0 spiro atoms. The predicted molar refractivity (Wildman–Crippen MR) is 124 cm³/mol. The lowest BCUT2D eigenvalue weighted by Gasteiger charge is -2.35. The first-order valence-corrected chi connectivity index (χ1v) is 11.9. The number of nitrogens with one attached hydrogen (secondary N) is 1. The Bertz CT molecular complexity index is 1380. The molecule has 0 saturated carbocycles. The normalized spacial score (nSPS) is 21.4. The van der Waals surface area contributed by atoms with Gasteiger partial charge in [-0.1, -0.05) is 29.8 Å². The van der Waals surface area contributed by atoms with Gasteiger partial charge in [0, 0.05) is 29.1 Å². The molecule has 0 radical (unpaired) electrons. The number of ketones is 1. The highest BCUT2D eigenvalue weighted by atomic mass is 35.5. The van der Waals surface area contributed by atoms with Gasteiger partial charge in [0.1, 0.15) is 6.04 Å². The lowest BCUT2D eigenvalue weighted by atomic mass is 9.78. The van der Waals surface area contributed by atoms with Crippen molar-refractivity contribution >= 4 is 23.3 Å². The highest BCUT2D eigenvalue weighted by Gasteiger charge is 2.43. The van der Waals surface area contributed by atoms with Gasteiger partial charge in [0.25, 0.3) is 5.82 Å². The van der Waals surface area contributed by atoms with Crippen molar-refractivity contribution < 1.29 is 27.4 Å². The van der Waals surface area contributed by atoms with Crippen LogP contribution in [0.2, 0.25) is 5.02 Å². The van der Waals surface area contributed by atoms with E-state index in [1.54, 1.807) is 30.3 Å². The SMILES string of the molecule is O=C1CC(c2ccc(Cl)cc2)CC2=C1C(c1ccc3c(c1)OCCCO3)n1nc(C(F)(F)F)nc1N2. The number of carbonyl (C=O) groups is 1. The fourth-order valence-electron chi connectivity index (χ4n) is 4.96. The van der Waals surface area contributed by atoms with Gasteiger partial charge in [-0.3, -0.25) is 4.79 Å². The number of hydrogen-bond acceptors (Lipinski definition) is 6. The van der Waals surface area contributed by atoms with E-state index in [2.05, 4.69) is 15.4 Å². The van der Waals surface area contributed by atoms with E-state index in [1.807, 2.05) is 12.1 Å². The fraction of sp³-hybridized carbons (Fsp3) is 0.320. The van der Waals surface area contributed by atoms with Crippen molar-refractivity contribution in [2.45, 2.75) is 37.4 Å². The summed E-state index contributed by atoms with van der Waals surface area (Å²) >= 11 is 6.02. The maximum Gasteiger partial charge on any atom is 0.453 e. The van der Waals surface area contributed by atoms with Crippen LogP contribution in [0.1, 0.15) is 48.2 Å². The Morgan fingerprint density at radius 1 is 1.00 bits per heavy atom. The van der Waals surface area contributed by atoms with E-state index >= 15 is 0 Å². The Hall–Kier alpha value is -3.53. The molecule has 3 aromatic rings. The molecule has 2 atom stereocenters. The highest BCUT2D eigenvalue weighted by Crippen LogP contribution is 2.46. The number of rotatable bonds is 2. The van der Waals surface area contributed by atoms with E-state index in [0.717, 1.165) is 10.2 Å². The van der Waals surface area contributed by atoms with Crippen LogP contribution in [0.5, 0.6) is 11.5 Å². The number of benzene rings is 2. The fourth-order valence-corrected chi connectivity index (χ4v) is 5.09. The number of ether oxygens (including phenoxy) is 2. The number of aromatic nitrogens is 3. The van der Waals surface area contributed by atoms with Crippen LogP contribution in [0.4, 0.5) is 19.1 Å². The number of Topliss-reactive ketones (excluding diaryl/α,β-unsaturated/α-hetero) is 1. The van der Waals surface area contributed by atoms with Gasteiger partial charge in [0.2, 0.25) is 5.95 Å². The number of alkyl halides is 3. The molecule has 1 aliphatic carbocycles. The van der Waals surface area contributed by atoms with Crippen molar-refractivity contribution in [2.75, 3.05) is 18.5 Å². The minimum absolute atomic E-state index is 0.0669. The minimum atomic E-state index is -4.74. The third-order valence-corrected chi connectivity index (χ3v) is 6.85. The van der Waals surface area contributed by atoms with Crippen LogP contribution in [0.25, 0.3) is 0 Å². The molecular weight excluding hydrogens is 497 g/mol. The zero-order valence-corrected chi connectivity index (χ0v) is 19.6. The van der Waals surface area contributed by atoms with Crippen molar-refractivity contribution in [3.8, 4) is 11.5 Å². The van der Waals surface area contributed by atoms with Crippen LogP contribution in [-0.2, 0) is 11.0 Å². The zero-order valence-electron chi connectivity index (χ0n) is 18.8. The molecule has 7 nitrogen and oxygen atoms in total. The van der Waals surface area contributed by atoms with Gasteiger partial charge in [0.15, 0.2) is 17.3 Å². The highest BCUT2D eigenvalue weighted by molar-refractivity contribution is 6.30. The van der Waals surface area contributed by atoms with Gasteiger partial charge in [-0.2, -0.15) is 18.2 Å². The first-order chi connectivity index (χ1) is 17.3. The quantitative estimate of drug-likeness (QED) is 0.483. The molecular formula is C25H20ClF3N4O3. The van der Waals surface area contributed by atoms with Crippen LogP contribution < -0.4 is 14.8 Å². The molecule has 1 N–H and O–H groups in total. The second kappa shape index (κ2) is 8.55. The van der Waals surface area contributed by atoms with Crippen molar-refractivity contribution in [2.24, 2.45) is 0 Å². The summed E-state index contributed by atoms with van der Waals surface area (Å²) in [4.78, 5) is 17.3. The van der Waals surface area contributed by atoms with E-state index in [0.29, 0.717) is 59.4 Å². The van der Waals surface area contributed by atoms with Crippen LogP contribution >= 0.6 is 11.6 Å². The molecule has 36 heavy (non-hydrogen) atoms. The third-order valence-electron chi connectivity index (χ3n) is 6.60. The average molecular weight is 517 g/mol. The van der Waals surface area contributed by atoms with Gasteiger partial charge in [0.05, 0.1) is 13.2 Å². The minimum Gasteiger partial charge on any atom is -0.490 e. The van der Waals surface area contributed by atoms with Crippen molar-refractivity contribution in [3.05, 3.63) is 75.7 Å². The summed E-state index contributed by atoms with van der Waals surface area (Å²) in [5.74, 6) is -0.635. The Labute approximate surface area is 208 Å². The molecule has 6 rings (SSSR count). The summed E-state index contributed by atoms with van der Waals surface area (Å²) in [5.41, 5.74) is 2.40. The Kier molecular flexibility index (Phi) is 5.44. The molecule has 3 heterocycles. The number of nitrogens with zero attached hydrogens (tertiary/aromatic N) is 3. The number of fused-ring (bicyclic) bond motifs is 2. The summed E-state index contributed by atoms with van der Waals surface area (Å²) in [6.45, 7) is 0.951. The van der Waals surface area contributed by atoms with Crippen LogP contribution in [0.15, 0.2) is 53.7 Å². The molecule has 0 amide bonds. The number of allylic oxidation sites excluding steroid dienone is 2. The first-order valence-electron chi connectivity index (χ1n) is 11.5. The number of anilines is 1. The topological polar surface area (TPSA) is 78.3 Å². The van der Waals surface area contributed by atoms with Gasteiger partial charge < -0.3 is 14.8 Å². The lowest BCUT2D eigenvalue weighted by molar-refractivity contribution is -0.145. The maximum atomic E-state index is 13.6. The lowest BCUT2D eigenvalue weighted by Crippen LogP contribution is -2.33. The largest absolute Gasteiger partial charge is 0.490 e. The number of hydrogen-bond donors (Lipinski definition) is 1. The summed E-state index contributed by atoms with van der Waals surface area (Å²) in [7, 11) is 0. The van der Waals surface area contributed by atoms with Gasteiger partial charge in [-0.05, 0) is 47.7 Å². The predicted octanol–water partition coefficient (Wildman–Crippen LogP) is 5.53. The molecule has 1 aromatic heterocycles. The third kappa shape index (κ3) is 3.99. The van der Waals surface area contributed by atoms with Gasteiger partial charge in [-0.25, -0.2) is 4.68 Å². The molecule has 2 unspecified atom stereocenters. The molecule has 2 aromatic carbocycles. The smallest absolute Gasteiger partial charge is 0.453 e. The first kappa shape index (κ1) is 22.9. The summed E-state index contributed by atoms with van der Waals surface area (Å²) in [5, 5.41) is 7.32. The summed E-state index contributed by atoms with van der Waals surface area (Å²) in [6.07, 6.45) is -3.39. The van der Waals surface area contributed by atoms with Crippen molar-refractivity contribution in [3.63, 3.8) is 0 Å². The molecule has 186 valence electrons. The Morgan fingerprint density at radius 2 is 1.72 bits per heavy atom. The van der Waals surface area contributed by atoms with Crippen LogP contribution in [-0.4, -0.2) is 33.8 Å². The second-order valence-corrected chi connectivity index (χ2v) is 9.39. The van der Waals surface area contributed by atoms with E-state index < -0.39 is 18.0 Å². The van der Waals surface area contributed by atoms with E-state index in [1.165, 1.54) is 0 Å². The summed E-state index contributed by atoms with van der Waals surface area (Å²) < 4.78 is 53.3. The second-order valence-electron chi connectivity index (χ2n) is 8.96.